The van der Waals surface area contributed by atoms with Crippen molar-refractivity contribution < 1.29 is 14.3 Å². The van der Waals surface area contributed by atoms with E-state index in [0.29, 0.717) is 12.4 Å². The number of piperidine rings is 1. The molecule has 1 saturated heterocycles. The predicted molar refractivity (Wildman–Crippen MR) is 87.8 cm³/mol. The summed E-state index contributed by atoms with van der Waals surface area (Å²) in [5, 5.41) is 2.86. The van der Waals surface area contributed by atoms with Gasteiger partial charge in [0.25, 0.3) is 0 Å². The highest BCUT2D eigenvalue weighted by Gasteiger charge is 2.25. The molecule has 1 aliphatic heterocycles. The second-order valence-corrected chi connectivity index (χ2v) is 6.64. The Labute approximate surface area is 137 Å². The van der Waals surface area contributed by atoms with E-state index >= 15 is 0 Å². The first-order valence-electron chi connectivity index (χ1n) is 7.98. The van der Waals surface area contributed by atoms with Crippen LogP contribution in [0.3, 0.4) is 0 Å². The summed E-state index contributed by atoms with van der Waals surface area (Å²) in [4.78, 5) is 22.4. The summed E-state index contributed by atoms with van der Waals surface area (Å²) in [5.41, 5.74) is -0.490. The lowest BCUT2D eigenvalue weighted by molar-refractivity contribution is 0.0523. The topological polar surface area (TPSA) is 76.6 Å². The molecular weight excluding hydrogens is 296 g/mol. The number of rotatable bonds is 4. The Morgan fingerprint density at radius 1 is 1.39 bits per heavy atom. The molecule has 1 amide bonds. The van der Waals surface area contributed by atoms with Gasteiger partial charge in [-0.05, 0) is 40.0 Å². The van der Waals surface area contributed by atoms with Gasteiger partial charge in [-0.3, -0.25) is 0 Å². The van der Waals surface area contributed by atoms with Crippen LogP contribution < -0.4 is 15.0 Å². The van der Waals surface area contributed by atoms with Crippen LogP contribution in [0, 0.1) is 0 Å². The Morgan fingerprint density at radius 3 is 2.87 bits per heavy atom. The summed E-state index contributed by atoms with van der Waals surface area (Å²) in [6.07, 6.45) is 4.36. The summed E-state index contributed by atoms with van der Waals surface area (Å²) >= 11 is 0. The highest BCUT2D eigenvalue weighted by atomic mass is 16.6. The number of nitrogens with zero attached hydrogens (tertiary/aromatic N) is 3. The third-order valence-corrected chi connectivity index (χ3v) is 3.64. The molecule has 1 fully saturated rings. The van der Waals surface area contributed by atoms with E-state index in [2.05, 4.69) is 20.2 Å². The first-order chi connectivity index (χ1) is 10.9. The van der Waals surface area contributed by atoms with Gasteiger partial charge in [-0.15, -0.1) is 0 Å². The Morgan fingerprint density at radius 2 is 2.17 bits per heavy atom. The third kappa shape index (κ3) is 5.26. The third-order valence-electron chi connectivity index (χ3n) is 3.64. The number of methoxy groups -OCH3 is 1. The van der Waals surface area contributed by atoms with Crippen molar-refractivity contribution in [2.75, 3.05) is 25.1 Å². The molecule has 1 atom stereocenters. The number of anilines is 1. The number of ether oxygens (including phenoxy) is 2. The van der Waals surface area contributed by atoms with Crippen molar-refractivity contribution in [1.29, 1.82) is 0 Å². The zero-order chi connectivity index (χ0) is 16.9. The Hall–Kier alpha value is -2.05. The predicted octanol–water partition coefficient (Wildman–Crippen LogP) is 2.37. The van der Waals surface area contributed by atoms with E-state index in [1.54, 1.807) is 7.11 Å². The van der Waals surface area contributed by atoms with Crippen LogP contribution >= 0.6 is 0 Å². The first kappa shape index (κ1) is 17.3. The second-order valence-electron chi connectivity index (χ2n) is 6.64. The number of nitrogens with one attached hydrogen (secondary N) is 1. The summed E-state index contributed by atoms with van der Waals surface area (Å²) in [6, 6.07) is 2.02. The summed E-state index contributed by atoms with van der Waals surface area (Å²) < 4.78 is 10.5. The van der Waals surface area contributed by atoms with Gasteiger partial charge in [0, 0.05) is 25.2 Å². The van der Waals surface area contributed by atoms with Gasteiger partial charge in [0.15, 0.2) is 0 Å². The minimum absolute atomic E-state index is 0.191. The fraction of sp³-hybridized carbons (Fsp3) is 0.688. The van der Waals surface area contributed by atoms with Gasteiger partial charge in [-0.1, -0.05) is 0 Å². The fourth-order valence-corrected chi connectivity index (χ4v) is 2.63. The lowest BCUT2D eigenvalue weighted by atomic mass is 10.0. The number of carbonyl (C=O) groups is 1. The van der Waals surface area contributed by atoms with Gasteiger partial charge >= 0.3 is 6.09 Å². The lowest BCUT2D eigenvalue weighted by Gasteiger charge is -2.36. The van der Waals surface area contributed by atoms with Crippen LogP contribution in [0.5, 0.6) is 5.88 Å². The molecule has 0 saturated carbocycles. The molecule has 0 spiro atoms. The minimum Gasteiger partial charge on any atom is -0.481 e. The maximum atomic E-state index is 11.8. The molecule has 0 aliphatic carbocycles. The molecule has 1 N–H and O–H groups in total. The number of hydrogen-bond acceptors (Lipinski definition) is 6. The smallest absolute Gasteiger partial charge is 0.407 e. The molecule has 1 aromatic heterocycles. The van der Waals surface area contributed by atoms with Gasteiger partial charge in [0.1, 0.15) is 17.7 Å². The SMILES string of the molecule is COc1cc(N2CCCCC2CNC(=O)OC(C)(C)C)ncn1. The molecule has 1 aliphatic rings. The van der Waals surface area contributed by atoms with Crippen molar-refractivity contribution in [3.63, 3.8) is 0 Å². The van der Waals surface area contributed by atoms with Crippen LogP contribution in [-0.4, -0.2) is 47.9 Å². The van der Waals surface area contributed by atoms with Gasteiger partial charge in [0.2, 0.25) is 5.88 Å². The van der Waals surface area contributed by atoms with E-state index in [0.717, 1.165) is 31.6 Å². The maximum absolute atomic E-state index is 11.8. The molecular formula is C16H26N4O3. The molecule has 2 rings (SSSR count). The Balaban J connectivity index is 1.99. The highest BCUT2D eigenvalue weighted by Crippen LogP contribution is 2.24. The molecule has 1 aromatic rings. The van der Waals surface area contributed by atoms with Gasteiger partial charge in [0.05, 0.1) is 7.11 Å². The van der Waals surface area contributed by atoms with Crippen LogP contribution in [0.4, 0.5) is 10.6 Å². The average Bonchev–Trinajstić information content (AvgIpc) is 2.51. The number of aromatic nitrogens is 2. The zero-order valence-electron chi connectivity index (χ0n) is 14.3. The van der Waals surface area contributed by atoms with Crippen molar-refractivity contribution in [3.05, 3.63) is 12.4 Å². The van der Waals surface area contributed by atoms with Crippen LogP contribution in [0.1, 0.15) is 40.0 Å². The van der Waals surface area contributed by atoms with Crippen molar-refractivity contribution in [2.45, 2.75) is 51.7 Å². The largest absolute Gasteiger partial charge is 0.481 e. The summed E-state index contributed by atoms with van der Waals surface area (Å²) in [7, 11) is 1.59. The molecule has 0 radical (unpaired) electrons. The summed E-state index contributed by atoms with van der Waals surface area (Å²) in [5.74, 6) is 1.37. The molecule has 2 heterocycles. The minimum atomic E-state index is -0.490. The van der Waals surface area contributed by atoms with E-state index in [1.807, 2.05) is 26.8 Å². The number of alkyl carbamates (subject to hydrolysis) is 1. The van der Waals surface area contributed by atoms with E-state index in [-0.39, 0.29) is 12.1 Å². The normalized spacial score (nSPS) is 18.4. The van der Waals surface area contributed by atoms with Crippen molar-refractivity contribution in [2.24, 2.45) is 0 Å². The average molecular weight is 322 g/mol. The molecule has 7 heteroatoms. The van der Waals surface area contributed by atoms with E-state index in [9.17, 15) is 4.79 Å². The molecule has 1 unspecified atom stereocenters. The number of carbonyl (C=O) groups excluding carboxylic acids is 1. The van der Waals surface area contributed by atoms with E-state index < -0.39 is 5.60 Å². The van der Waals surface area contributed by atoms with Crippen LogP contribution in [0.2, 0.25) is 0 Å². The summed E-state index contributed by atoms with van der Waals surface area (Å²) in [6.45, 7) is 6.99. The van der Waals surface area contributed by atoms with Crippen molar-refractivity contribution >= 4 is 11.9 Å². The highest BCUT2D eigenvalue weighted by molar-refractivity contribution is 5.67. The van der Waals surface area contributed by atoms with Crippen molar-refractivity contribution in [1.82, 2.24) is 15.3 Å². The van der Waals surface area contributed by atoms with Gasteiger partial charge < -0.3 is 19.7 Å². The molecule has 0 aromatic carbocycles. The monoisotopic (exact) mass is 322 g/mol. The van der Waals surface area contributed by atoms with Crippen LogP contribution in [0.15, 0.2) is 12.4 Å². The van der Waals surface area contributed by atoms with Gasteiger partial charge in [-0.2, -0.15) is 0 Å². The van der Waals surface area contributed by atoms with Crippen LogP contribution in [0.25, 0.3) is 0 Å². The van der Waals surface area contributed by atoms with Crippen LogP contribution in [-0.2, 0) is 4.74 Å². The Bertz CT molecular complexity index is 530. The van der Waals surface area contributed by atoms with E-state index in [4.69, 9.17) is 9.47 Å². The zero-order valence-corrected chi connectivity index (χ0v) is 14.3. The van der Waals surface area contributed by atoms with Gasteiger partial charge in [-0.25, -0.2) is 14.8 Å². The van der Waals surface area contributed by atoms with E-state index in [1.165, 1.54) is 6.33 Å². The first-order valence-corrected chi connectivity index (χ1v) is 7.98. The molecule has 7 nitrogen and oxygen atoms in total. The second kappa shape index (κ2) is 7.48. The molecule has 0 bridgehead atoms. The fourth-order valence-electron chi connectivity index (χ4n) is 2.63. The number of hydrogen-bond donors (Lipinski definition) is 1. The maximum Gasteiger partial charge on any atom is 0.407 e. The standard InChI is InChI=1S/C16H26N4O3/c1-16(2,3)23-15(21)17-10-12-7-5-6-8-20(12)13-9-14(22-4)19-11-18-13/h9,11-12H,5-8,10H2,1-4H3,(H,17,21). The number of amides is 1. The molecule has 23 heavy (non-hydrogen) atoms. The quantitative estimate of drug-likeness (QED) is 0.917. The van der Waals surface area contributed by atoms with Crippen molar-refractivity contribution in [3.8, 4) is 5.88 Å². The Kier molecular flexibility index (Phi) is 5.63. The molecule has 128 valence electrons. The lowest BCUT2D eigenvalue weighted by Crippen LogP contribution is -2.48.